The lowest BCUT2D eigenvalue weighted by Gasteiger charge is -2.27. The van der Waals surface area contributed by atoms with Crippen molar-refractivity contribution in [2.75, 3.05) is 13.2 Å². The van der Waals surface area contributed by atoms with Gasteiger partial charge in [0.15, 0.2) is 8.32 Å². The first-order valence-electron chi connectivity index (χ1n) is 5.16. The quantitative estimate of drug-likeness (QED) is 0.345. The van der Waals surface area contributed by atoms with Crippen LogP contribution in [0.4, 0.5) is 0 Å². The van der Waals surface area contributed by atoms with Crippen LogP contribution in [0.15, 0.2) is 0 Å². The van der Waals surface area contributed by atoms with Gasteiger partial charge in [-0.25, -0.2) is 0 Å². The van der Waals surface area contributed by atoms with E-state index in [0.29, 0.717) is 0 Å². The summed E-state index contributed by atoms with van der Waals surface area (Å²) >= 11 is 0. The molecule has 5 N–H and O–H groups in total. The third-order valence-electron chi connectivity index (χ3n) is 2.01. The van der Waals surface area contributed by atoms with E-state index in [4.69, 9.17) is 14.6 Å². The normalized spacial score (nSPS) is 20.2. The van der Waals surface area contributed by atoms with E-state index < -0.39 is 39.3 Å². The fourth-order valence-corrected chi connectivity index (χ4v) is 1.67. The van der Waals surface area contributed by atoms with Crippen molar-refractivity contribution in [2.24, 2.45) is 0 Å². The van der Waals surface area contributed by atoms with Crippen LogP contribution in [-0.2, 0) is 4.43 Å². The van der Waals surface area contributed by atoms with E-state index in [-0.39, 0.29) is 6.61 Å². The molecule has 7 heteroatoms. The second-order valence-corrected chi connectivity index (χ2v) is 9.24. The van der Waals surface area contributed by atoms with E-state index in [1.165, 1.54) is 0 Å². The van der Waals surface area contributed by atoms with Crippen molar-refractivity contribution >= 4 is 8.32 Å². The van der Waals surface area contributed by atoms with Gasteiger partial charge in [-0.05, 0) is 19.6 Å². The number of aliphatic hydroxyl groups is 5. The third-order valence-corrected chi connectivity index (χ3v) is 3.05. The number of rotatable bonds is 7. The molecule has 0 rings (SSSR count). The standard InChI is InChI=1S/C9H22O6Si/c1-16(2,3)15-5-7(12)9(14)8(13)6(11)4-10/h6-14H,4-5H2,1-3H3/t6-,7-,8-,9-/m1/s1. The molecule has 0 amide bonds. The van der Waals surface area contributed by atoms with Crippen LogP contribution in [0, 0.1) is 0 Å². The molecule has 6 nitrogen and oxygen atoms in total. The average Bonchev–Trinajstić information content (AvgIpc) is 2.21. The second kappa shape index (κ2) is 6.65. The molecule has 0 aliphatic heterocycles. The first-order chi connectivity index (χ1) is 7.19. The average molecular weight is 254 g/mol. The predicted molar refractivity (Wildman–Crippen MR) is 60.4 cm³/mol. The van der Waals surface area contributed by atoms with Gasteiger partial charge >= 0.3 is 0 Å². The summed E-state index contributed by atoms with van der Waals surface area (Å²) in [6.07, 6.45) is -5.90. The molecule has 0 saturated heterocycles. The highest BCUT2D eigenvalue weighted by molar-refractivity contribution is 6.69. The van der Waals surface area contributed by atoms with Gasteiger partial charge in [-0.1, -0.05) is 0 Å². The lowest BCUT2D eigenvalue weighted by molar-refractivity contribution is -0.122. The summed E-state index contributed by atoms with van der Waals surface area (Å²) in [6.45, 7) is 4.98. The largest absolute Gasteiger partial charge is 0.415 e. The van der Waals surface area contributed by atoms with Gasteiger partial charge in [-0.2, -0.15) is 0 Å². The van der Waals surface area contributed by atoms with E-state index in [2.05, 4.69) is 0 Å². The molecule has 0 aromatic carbocycles. The van der Waals surface area contributed by atoms with Crippen LogP contribution >= 0.6 is 0 Å². The van der Waals surface area contributed by atoms with Gasteiger partial charge in [0.25, 0.3) is 0 Å². The molecule has 0 saturated carbocycles. The van der Waals surface area contributed by atoms with Crippen LogP contribution in [0.1, 0.15) is 0 Å². The summed E-state index contributed by atoms with van der Waals surface area (Å²) in [7, 11) is -1.80. The SMILES string of the molecule is C[Si](C)(C)OC[C@@H](O)[C@@H](O)[C@H](O)[C@H](O)CO. The molecule has 0 unspecified atom stereocenters. The number of hydrogen-bond acceptors (Lipinski definition) is 6. The van der Waals surface area contributed by atoms with Crippen molar-refractivity contribution in [3.05, 3.63) is 0 Å². The Hall–Kier alpha value is -0.0231. The lowest BCUT2D eigenvalue weighted by Crippen LogP contribution is -2.48. The van der Waals surface area contributed by atoms with Crippen LogP contribution in [0.5, 0.6) is 0 Å². The molecule has 4 atom stereocenters. The van der Waals surface area contributed by atoms with E-state index >= 15 is 0 Å². The number of hydrogen-bond donors (Lipinski definition) is 5. The predicted octanol–water partition coefficient (Wildman–Crippen LogP) is -1.73. The Kier molecular flexibility index (Phi) is 6.64. The van der Waals surface area contributed by atoms with Crippen molar-refractivity contribution < 1.29 is 30.0 Å². The molecular weight excluding hydrogens is 232 g/mol. The Morgan fingerprint density at radius 3 is 1.75 bits per heavy atom. The summed E-state index contributed by atoms with van der Waals surface area (Å²) < 4.78 is 5.35. The monoisotopic (exact) mass is 254 g/mol. The topological polar surface area (TPSA) is 110 Å². The van der Waals surface area contributed by atoms with Crippen molar-refractivity contribution in [1.29, 1.82) is 0 Å². The van der Waals surface area contributed by atoms with Crippen molar-refractivity contribution in [2.45, 2.75) is 44.1 Å². The van der Waals surface area contributed by atoms with Crippen LogP contribution < -0.4 is 0 Å². The summed E-state index contributed by atoms with van der Waals surface area (Å²) in [5.74, 6) is 0. The van der Waals surface area contributed by atoms with Crippen LogP contribution in [-0.4, -0.2) is 71.5 Å². The van der Waals surface area contributed by atoms with Gasteiger partial charge in [0.1, 0.15) is 24.4 Å². The minimum atomic E-state index is -1.80. The molecule has 0 aliphatic rings. The molecule has 0 spiro atoms. The maximum absolute atomic E-state index is 9.49. The first kappa shape index (κ1) is 16.0. The molecule has 0 bridgehead atoms. The Balaban J connectivity index is 4.12. The van der Waals surface area contributed by atoms with Gasteiger partial charge < -0.3 is 30.0 Å². The first-order valence-corrected chi connectivity index (χ1v) is 8.57. The zero-order valence-electron chi connectivity index (χ0n) is 9.87. The van der Waals surface area contributed by atoms with Gasteiger partial charge in [-0.3, -0.25) is 0 Å². The highest BCUT2D eigenvalue weighted by Gasteiger charge is 2.31. The number of aliphatic hydroxyl groups excluding tert-OH is 5. The Morgan fingerprint density at radius 2 is 1.38 bits per heavy atom. The van der Waals surface area contributed by atoms with Crippen molar-refractivity contribution in [3.8, 4) is 0 Å². The molecule has 98 valence electrons. The van der Waals surface area contributed by atoms with Gasteiger partial charge in [0.2, 0.25) is 0 Å². The van der Waals surface area contributed by atoms with E-state index in [1.54, 1.807) is 0 Å². The van der Waals surface area contributed by atoms with Crippen molar-refractivity contribution in [1.82, 2.24) is 0 Å². The molecule has 0 fully saturated rings. The summed E-state index contributed by atoms with van der Waals surface area (Å²) in [6, 6.07) is 0. The van der Waals surface area contributed by atoms with Gasteiger partial charge in [0.05, 0.1) is 13.2 Å². The van der Waals surface area contributed by atoms with Crippen LogP contribution in [0.2, 0.25) is 19.6 Å². The molecule has 16 heavy (non-hydrogen) atoms. The van der Waals surface area contributed by atoms with E-state index in [0.717, 1.165) is 0 Å². The van der Waals surface area contributed by atoms with Gasteiger partial charge in [0, 0.05) is 0 Å². The second-order valence-electron chi connectivity index (χ2n) is 4.72. The van der Waals surface area contributed by atoms with Crippen LogP contribution in [0.25, 0.3) is 0 Å². The highest BCUT2D eigenvalue weighted by atomic mass is 28.4. The van der Waals surface area contributed by atoms with Gasteiger partial charge in [-0.15, -0.1) is 0 Å². The molecule has 0 radical (unpaired) electrons. The Bertz CT molecular complexity index is 195. The smallest absolute Gasteiger partial charge is 0.183 e. The van der Waals surface area contributed by atoms with Crippen molar-refractivity contribution in [3.63, 3.8) is 0 Å². The molecule has 0 aromatic heterocycles. The third kappa shape index (κ3) is 5.90. The van der Waals surface area contributed by atoms with E-state index in [9.17, 15) is 15.3 Å². The fourth-order valence-electron chi connectivity index (χ4n) is 0.997. The minimum absolute atomic E-state index is 0.105. The van der Waals surface area contributed by atoms with Crippen LogP contribution in [0.3, 0.4) is 0 Å². The molecule has 0 heterocycles. The Labute approximate surface area is 96.2 Å². The highest BCUT2D eigenvalue weighted by Crippen LogP contribution is 2.09. The lowest BCUT2D eigenvalue weighted by atomic mass is 10.0. The minimum Gasteiger partial charge on any atom is -0.415 e. The molecule has 0 aliphatic carbocycles. The molecule has 0 aromatic rings. The summed E-state index contributed by atoms with van der Waals surface area (Å²) in [4.78, 5) is 0. The molecular formula is C9H22O6Si. The fraction of sp³-hybridized carbons (Fsp3) is 1.00. The van der Waals surface area contributed by atoms with E-state index in [1.807, 2.05) is 19.6 Å². The summed E-state index contributed by atoms with van der Waals surface area (Å²) in [5.41, 5.74) is 0. The maximum Gasteiger partial charge on any atom is 0.183 e. The Morgan fingerprint density at radius 1 is 0.938 bits per heavy atom. The zero-order chi connectivity index (χ0) is 12.9. The maximum atomic E-state index is 9.49. The zero-order valence-corrected chi connectivity index (χ0v) is 10.9. The summed E-state index contributed by atoms with van der Waals surface area (Å²) in [5, 5.41) is 45.9.